The van der Waals surface area contributed by atoms with Crippen molar-refractivity contribution >= 4 is 12.6 Å². The Labute approximate surface area is 91.2 Å². The molecule has 0 saturated heterocycles. The zero-order valence-electron chi connectivity index (χ0n) is 8.66. The van der Waals surface area contributed by atoms with Crippen LogP contribution in [-0.4, -0.2) is 12.4 Å². The number of hydrogen-bond donors (Lipinski definition) is 1. The van der Waals surface area contributed by atoms with Gasteiger partial charge < -0.3 is 4.74 Å². The molecule has 0 aliphatic heterocycles. The zero-order valence-corrected chi connectivity index (χ0v) is 9.55. The zero-order chi connectivity index (χ0) is 10.4. The Balaban J connectivity index is 2.51. The van der Waals surface area contributed by atoms with Crippen LogP contribution >= 0.6 is 12.6 Å². The molecule has 76 valence electrons. The summed E-state index contributed by atoms with van der Waals surface area (Å²) in [7, 11) is 0. The molecular weight excluding hydrogens is 192 g/mol. The number of rotatable bonds is 4. The molecule has 0 atom stereocenters. The van der Waals surface area contributed by atoms with Crippen molar-refractivity contribution in [3.8, 4) is 5.75 Å². The lowest BCUT2D eigenvalue weighted by Crippen LogP contribution is -1.94. The first kappa shape index (κ1) is 11.2. The number of ether oxygens (including phenoxy) is 1. The Bertz CT molecular complexity index is 318. The van der Waals surface area contributed by atoms with E-state index in [1.165, 1.54) is 11.1 Å². The topological polar surface area (TPSA) is 9.23 Å². The smallest absolute Gasteiger partial charge is 0.120 e. The molecule has 1 nitrogen and oxygen atoms in total. The van der Waals surface area contributed by atoms with E-state index in [1.54, 1.807) is 0 Å². The van der Waals surface area contributed by atoms with Crippen molar-refractivity contribution in [3.63, 3.8) is 0 Å². The lowest BCUT2D eigenvalue weighted by atomic mass is 10.1. The Morgan fingerprint density at radius 2 is 2.00 bits per heavy atom. The molecule has 0 amide bonds. The number of aryl methyl sites for hydroxylation is 2. The van der Waals surface area contributed by atoms with Gasteiger partial charge in [0.15, 0.2) is 0 Å². The lowest BCUT2D eigenvalue weighted by Gasteiger charge is -2.05. The van der Waals surface area contributed by atoms with Crippen LogP contribution in [0, 0.1) is 13.8 Å². The van der Waals surface area contributed by atoms with E-state index in [9.17, 15) is 0 Å². The molecule has 0 bridgehead atoms. The van der Waals surface area contributed by atoms with Gasteiger partial charge in [-0.2, -0.15) is 12.6 Å². The van der Waals surface area contributed by atoms with Gasteiger partial charge in [0, 0.05) is 5.75 Å². The molecule has 0 aliphatic carbocycles. The van der Waals surface area contributed by atoms with E-state index in [0.717, 1.165) is 11.5 Å². The van der Waals surface area contributed by atoms with Gasteiger partial charge in [-0.3, -0.25) is 0 Å². The summed E-state index contributed by atoms with van der Waals surface area (Å²) in [6, 6.07) is 6.13. The van der Waals surface area contributed by atoms with Gasteiger partial charge in [-0.15, -0.1) is 0 Å². The summed E-state index contributed by atoms with van der Waals surface area (Å²) in [6.45, 7) is 4.80. The van der Waals surface area contributed by atoms with Crippen LogP contribution in [-0.2, 0) is 0 Å². The fourth-order valence-electron chi connectivity index (χ4n) is 1.09. The second-order valence-corrected chi connectivity index (χ2v) is 3.58. The molecule has 0 spiro atoms. The van der Waals surface area contributed by atoms with Crippen LogP contribution in [0.4, 0.5) is 0 Å². The maximum absolute atomic E-state index is 5.52. The van der Waals surface area contributed by atoms with E-state index in [4.69, 9.17) is 4.74 Å². The standard InChI is InChI=1S/C12H16OS/c1-10-5-6-12(9-11(10)2)13-7-3-4-8-14/h3-6,9,14H,7-8H2,1-2H3. The average molecular weight is 208 g/mol. The minimum atomic E-state index is 0.614. The first-order chi connectivity index (χ1) is 6.74. The highest BCUT2D eigenvalue weighted by Crippen LogP contribution is 2.16. The van der Waals surface area contributed by atoms with E-state index in [-0.39, 0.29) is 0 Å². The maximum Gasteiger partial charge on any atom is 0.120 e. The van der Waals surface area contributed by atoms with Crippen LogP contribution in [0.1, 0.15) is 11.1 Å². The summed E-state index contributed by atoms with van der Waals surface area (Å²) in [6.07, 6.45) is 3.95. The third-order valence-electron chi connectivity index (χ3n) is 2.10. The predicted molar refractivity (Wildman–Crippen MR) is 64.4 cm³/mol. The van der Waals surface area contributed by atoms with E-state index in [1.807, 2.05) is 18.2 Å². The minimum absolute atomic E-state index is 0.614. The van der Waals surface area contributed by atoms with Gasteiger partial charge >= 0.3 is 0 Å². The normalized spacial score (nSPS) is 10.8. The Morgan fingerprint density at radius 1 is 1.21 bits per heavy atom. The van der Waals surface area contributed by atoms with Crippen molar-refractivity contribution in [2.45, 2.75) is 13.8 Å². The molecular formula is C12H16OS. The van der Waals surface area contributed by atoms with Crippen LogP contribution in [0.3, 0.4) is 0 Å². The largest absolute Gasteiger partial charge is 0.490 e. The lowest BCUT2D eigenvalue weighted by molar-refractivity contribution is 0.362. The summed E-state index contributed by atoms with van der Waals surface area (Å²) >= 11 is 4.07. The van der Waals surface area contributed by atoms with Gasteiger partial charge in [0.2, 0.25) is 0 Å². The summed E-state index contributed by atoms with van der Waals surface area (Å²) in [5.74, 6) is 1.69. The van der Waals surface area contributed by atoms with Gasteiger partial charge in [-0.1, -0.05) is 18.2 Å². The summed E-state index contributed by atoms with van der Waals surface area (Å²) in [5, 5.41) is 0. The van der Waals surface area contributed by atoms with Crippen molar-refractivity contribution in [1.29, 1.82) is 0 Å². The summed E-state index contributed by atoms with van der Waals surface area (Å²) < 4.78 is 5.52. The highest BCUT2D eigenvalue weighted by Gasteiger charge is 1.95. The molecule has 1 rings (SSSR count). The van der Waals surface area contributed by atoms with Crippen LogP contribution < -0.4 is 4.74 Å². The molecule has 1 aromatic rings. The highest BCUT2D eigenvalue weighted by atomic mass is 32.1. The predicted octanol–water partition coefficient (Wildman–Crippen LogP) is 3.17. The maximum atomic E-state index is 5.52. The van der Waals surface area contributed by atoms with Gasteiger partial charge in [0.25, 0.3) is 0 Å². The van der Waals surface area contributed by atoms with Crippen LogP contribution in [0.2, 0.25) is 0 Å². The van der Waals surface area contributed by atoms with Crippen molar-refractivity contribution < 1.29 is 4.74 Å². The molecule has 0 aliphatic rings. The average Bonchev–Trinajstić information content (AvgIpc) is 2.18. The Hall–Kier alpha value is -0.890. The molecule has 14 heavy (non-hydrogen) atoms. The summed E-state index contributed by atoms with van der Waals surface area (Å²) in [4.78, 5) is 0. The molecule has 0 fully saturated rings. The van der Waals surface area contributed by atoms with Crippen molar-refractivity contribution in [2.24, 2.45) is 0 Å². The van der Waals surface area contributed by atoms with E-state index in [0.29, 0.717) is 6.61 Å². The third-order valence-corrected chi connectivity index (χ3v) is 2.31. The molecule has 0 unspecified atom stereocenters. The molecule has 2 heteroatoms. The van der Waals surface area contributed by atoms with E-state index >= 15 is 0 Å². The second-order valence-electron chi connectivity index (χ2n) is 3.21. The second kappa shape index (κ2) is 5.76. The molecule has 0 saturated carbocycles. The third kappa shape index (κ3) is 3.46. The Kier molecular flexibility index (Phi) is 4.60. The van der Waals surface area contributed by atoms with Crippen molar-refractivity contribution in [3.05, 3.63) is 41.5 Å². The van der Waals surface area contributed by atoms with E-state index in [2.05, 4.69) is 38.6 Å². The molecule has 0 heterocycles. The van der Waals surface area contributed by atoms with Gasteiger partial charge in [-0.25, -0.2) is 0 Å². The molecule has 0 radical (unpaired) electrons. The summed E-state index contributed by atoms with van der Waals surface area (Å²) in [5.41, 5.74) is 2.56. The van der Waals surface area contributed by atoms with E-state index < -0.39 is 0 Å². The number of benzene rings is 1. The van der Waals surface area contributed by atoms with Crippen molar-refractivity contribution in [1.82, 2.24) is 0 Å². The monoisotopic (exact) mass is 208 g/mol. The molecule has 0 aromatic heterocycles. The quantitative estimate of drug-likeness (QED) is 0.590. The number of hydrogen-bond acceptors (Lipinski definition) is 2. The van der Waals surface area contributed by atoms with Crippen LogP contribution in [0.5, 0.6) is 5.75 Å². The van der Waals surface area contributed by atoms with Crippen molar-refractivity contribution in [2.75, 3.05) is 12.4 Å². The van der Waals surface area contributed by atoms with Crippen LogP contribution in [0.15, 0.2) is 30.4 Å². The van der Waals surface area contributed by atoms with Crippen LogP contribution in [0.25, 0.3) is 0 Å². The van der Waals surface area contributed by atoms with Gasteiger partial charge in [-0.05, 0) is 37.1 Å². The van der Waals surface area contributed by atoms with Gasteiger partial charge in [0.1, 0.15) is 12.4 Å². The minimum Gasteiger partial charge on any atom is -0.490 e. The fourth-order valence-corrected chi connectivity index (χ4v) is 1.24. The highest BCUT2D eigenvalue weighted by molar-refractivity contribution is 7.80. The van der Waals surface area contributed by atoms with Gasteiger partial charge in [0.05, 0.1) is 0 Å². The molecule has 0 N–H and O–H groups in total. The first-order valence-corrected chi connectivity index (χ1v) is 5.33. The fraction of sp³-hybridized carbons (Fsp3) is 0.333. The molecule has 1 aromatic carbocycles. The first-order valence-electron chi connectivity index (χ1n) is 4.70. The SMILES string of the molecule is Cc1ccc(OCC=CCS)cc1C. The number of thiol groups is 1. The Morgan fingerprint density at radius 3 is 2.64 bits per heavy atom.